The predicted molar refractivity (Wildman–Crippen MR) is 81.9 cm³/mol. The van der Waals surface area contributed by atoms with E-state index >= 15 is 0 Å². The van der Waals surface area contributed by atoms with Gasteiger partial charge in [-0.15, -0.1) is 0 Å². The van der Waals surface area contributed by atoms with Gasteiger partial charge >= 0.3 is 0 Å². The van der Waals surface area contributed by atoms with Gasteiger partial charge in [-0.3, -0.25) is 9.48 Å². The molecule has 3 heterocycles. The Morgan fingerprint density at radius 2 is 2.21 bits per heavy atom. The molecule has 0 aliphatic rings. The van der Waals surface area contributed by atoms with E-state index in [1.165, 1.54) is 12.3 Å². The molecule has 126 valence electrons. The summed E-state index contributed by atoms with van der Waals surface area (Å²) < 4.78 is 28.9. The lowest BCUT2D eigenvalue weighted by Crippen LogP contribution is -2.25. The number of rotatable bonds is 6. The minimum Gasteiger partial charge on any atom is -0.352 e. The molecule has 0 unspecified atom stereocenters. The van der Waals surface area contributed by atoms with Crippen LogP contribution in [-0.4, -0.2) is 36.8 Å². The molecular weight excluding hydrogens is 318 g/mol. The van der Waals surface area contributed by atoms with Gasteiger partial charge in [0.1, 0.15) is 11.3 Å². The van der Waals surface area contributed by atoms with Gasteiger partial charge in [-0.1, -0.05) is 0 Å². The highest BCUT2D eigenvalue weighted by Gasteiger charge is 2.19. The van der Waals surface area contributed by atoms with Crippen molar-refractivity contribution in [2.45, 2.75) is 26.3 Å². The number of nitrogens with zero attached hydrogens (tertiary/aromatic N) is 5. The van der Waals surface area contributed by atoms with Gasteiger partial charge in [0.05, 0.1) is 6.20 Å². The zero-order valence-corrected chi connectivity index (χ0v) is 13.0. The van der Waals surface area contributed by atoms with Crippen LogP contribution in [0.1, 0.15) is 34.6 Å². The van der Waals surface area contributed by atoms with Crippen LogP contribution in [0, 0.1) is 6.92 Å². The molecule has 0 aromatic carbocycles. The fraction of sp³-hybridized carbons (Fsp3) is 0.333. The number of aromatic nitrogens is 5. The lowest BCUT2D eigenvalue weighted by molar-refractivity contribution is 0.0953. The first-order valence-electron chi connectivity index (χ1n) is 7.45. The van der Waals surface area contributed by atoms with Crippen molar-refractivity contribution in [3.63, 3.8) is 0 Å². The second-order valence-corrected chi connectivity index (χ2v) is 5.30. The smallest absolute Gasteiger partial charge is 0.280 e. The van der Waals surface area contributed by atoms with Crippen LogP contribution in [0.2, 0.25) is 0 Å². The largest absolute Gasteiger partial charge is 0.352 e. The lowest BCUT2D eigenvalue weighted by atomic mass is 10.3. The molecule has 3 aromatic rings. The first-order chi connectivity index (χ1) is 11.6. The highest BCUT2D eigenvalue weighted by atomic mass is 19.3. The molecule has 7 nitrogen and oxygen atoms in total. The molecule has 0 fully saturated rings. The zero-order valence-electron chi connectivity index (χ0n) is 13.0. The average Bonchev–Trinajstić information content (AvgIpc) is 3.19. The molecule has 0 radical (unpaired) electrons. The molecule has 9 heteroatoms. The number of nitrogens with one attached hydrogen (secondary N) is 1. The fourth-order valence-electron chi connectivity index (χ4n) is 2.40. The van der Waals surface area contributed by atoms with Gasteiger partial charge in [0.2, 0.25) is 0 Å². The Balaban J connectivity index is 1.70. The van der Waals surface area contributed by atoms with Gasteiger partial charge in [0.25, 0.3) is 12.3 Å². The molecular formula is C15H16F2N6O. The Morgan fingerprint density at radius 1 is 1.38 bits per heavy atom. The maximum absolute atomic E-state index is 13.1. The van der Waals surface area contributed by atoms with Crippen LogP contribution in [0.15, 0.2) is 30.7 Å². The zero-order chi connectivity index (χ0) is 17.1. The second kappa shape index (κ2) is 6.73. The summed E-state index contributed by atoms with van der Waals surface area (Å²) in [7, 11) is 0. The maximum atomic E-state index is 13.1. The van der Waals surface area contributed by atoms with Crippen molar-refractivity contribution in [1.82, 2.24) is 29.7 Å². The molecule has 3 rings (SSSR count). The minimum absolute atomic E-state index is 0.134. The Hall–Kier alpha value is -2.84. The molecule has 1 amide bonds. The topological polar surface area (TPSA) is 77.1 Å². The molecule has 24 heavy (non-hydrogen) atoms. The van der Waals surface area contributed by atoms with Gasteiger partial charge in [-0.2, -0.15) is 10.2 Å². The first kappa shape index (κ1) is 16.0. The number of halogens is 2. The summed E-state index contributed by atoms with van der Waals surface area (Å²) in [4.78, 5) is 16.4. The van der Waals surface area contributed by atoms with E-state index in [1.807, 2.05) is 12.3 Å². The van der Waals surface area contributed by atoms with Gasteiger partial charge in [0, 0.05) is 31.2 Å². The SMILES string of the molecule is Cc1cc(C(F)F)n2ncc(C(=O)NCCCn3cccn3)c2n1. The standard InChI is InChI=1S/C15H16F2N6O/c1-10-8-12(13(16)17)23-14(21-10)11(9-20-23)15(24)18-4-2-6-22-7-3-5-19-22/h3,5,7-9,13H,2,4,6H2,1H3,(H,18,24). The van der Waals surface area contributed by atoms with E-state index in [0.29, 0.717) is 25.2 Å². The number of alkyl halides is 2. The van der Waals surface area contributed by atoms with Crippen molar-refractivity contribution >= 4 is 11.6 Å². The highest BCUT2D eigenvalue weighted by molar-refractivity contribution is 5.99. The van der Waals surface area contributed by atoms with Crippen molar-refractivity contribution in [2.75, 3.05) is 6.54 Å². The average molecular weight is 334 g/mol. The quantitative estimate of drug-likeness (QED) is 0.700. The monoisotopic (exact) mass is 334 g/mol. The maximum Gasteiger partial charge on any atom is 0.280 e. The normalized spacial score (nSPS) is 11.3. The molecule has 0 saturated heterocycles. The summed E-state index contributed by atoms with van der Waals surface area (Å²) >= 11 is 0. The van der Waals surface area contributed by atoms with Crippen LogP contribution in [-0.2, 0) is 6.54 Å². The van der Waals surface area contributed by atoms with Crippen LogP contribution >= 0.6 is 0 Å². The van der Waals surface area contributed by atoms with Crippen LogP contribution in [0.3, 0.4) is 0 Å². The minimum atomic E-state index is -2.70. The van der Waals surface area contributed by atoms with Crippen LogP contribution in [0.4, 0.5) is 8.78 Å². The number of carbonyl (C=O) groups is 1. The highest BCUT2D eigenvalue weighted by Crippen LogP contribution is 2.21. The van der Waals surface area contributed by atoms with Crippen molar-refractivity contribution in [3.05, 3.63) is 47.7 Å². The molecule has 0 saturated carbocycles. The molecule has 3 aromatic heterocycles. The fourth-order valence-corrected chi connectivity index (χ4v) is 2.40. The van der Waals surface area contributed by atoms with Crippen molar-refractivity contribution in [2.24, 2.45) is 0 Å². The third-order valence-electron chi connectivity index (χ3n) is 3.50. The van der Waals surface area contributed by atoms with E-state index < -0.39 is 6.43 Å². The third-order valence-corrected chi connectivity index (χ3v) is 3.50. The number of amides is 1. The number of hydrogen-bond acceptors (Lipinski definition) is 4. The molecule has 1 N–H and O–H groups in total. The Bertz CT molecular complexity index is 843. The van der Waals surface area contributed by atoms with Gasteiger partial charge in [-0.05, 0) is 25.5 Å². The van der Waals surface area contributed by atoms with Crippen molar-refractivity contribution in [3.8, 4) is 0 Å². The van der Waals surface area contributed by atoms with Crippen LogP contribution in [0.5, 0.6) is 0 Å². The summed E-state index contributed by atoms with van der Waals surface area (Å²) in [6.07, 6.45) is 2.79. The van der Waals surface area contributed by atoms with E-state index in [0.717, 1.165) is 4.52 Å². The molecule has 0 aliphatic heterocycles. The first-order valence-corrected chi connectivity index (χ1v) is 7.45. The Morgan fingerprint density at radius 3 is 2.92 bits per heavy atom. The predicted octanol–water partition coefficient (Wildman–Crippen LogP) is 1.99. The van der Waals surface area contributed by atoms with Crippen LogP contribution < -0.4 is 5.32 Å². The van der Waals surface area contributed by atoms with E-state index in [4.69, 9.17) is 0 Å². The van der Waals surface area contributed by atoms with E-state index in [-0.39, 0.29) is 22.8 Å². The van der Waals surface area contributed by atoms with Crippen molar-refractivity contribution < 1.29 is 13.6 Å². The van der Waals surface area contributed by atoms with Gasteiger partial charge in [-0.25, -0.2) is 18.3 Å². The second-order valence-electron chi connectivity index (χ2n) is 5.30. The molecule has 0 bridgehead atoms. The Kier molecular flexibility index (Phi) is 4.50. The number of carbonyl (C=O) groups excluding carboxylic acids is 1. The summed E-state index contributed by atoms with van der Waals surface area (Å²) in [6.45, 7) is 2.71. The van der Waals surface area contributed by atoms with Gasteiger partial charge in [0.15, 0.2) is 5.65 Å². The molecule has 0 spiro atoms. The molecule has 0 aliphatic carbocycles. The van der Waals surface area contributed by atoms with E-state index in [2.05, 4.69) is 20.5 Å². The van der Waals surface area contributed by atoms with Crippen molar-refractivity contribution in [1.29, 1.82) is 0 Å². The number of hydrogen-bond donors (Lipinski definition) is 1. The van der Waals surface area contributed by atoms with E-state index in [9.17, 15) is 13.6 Å². The van der Waals surface area contributed by atoms with Gasteiger partial charge < -0.3 is 5.32 Å². The third kappa shape index (κ3) is 3.24. The van der Waals surface area contributed by atoms with E-state index in [1.54, 1.807) is 17.8 Å². The summed E-state index contributed by atoms with van der Waals surface area (Å²) in [5.41, 5.74) is 0.441. The summed E-state index contributed by atoms with van der Waals surface area (Å²) in [5, 5.41) is 10.7. The lowest BCUT2D eigenvalue weighted by Gasteiger charge is -2.06. The summed E-state index contributed by atoms with van der Waals surface area (Å²) in [6, 6.07) is 3.09. The molecule has 0 atom stereocenters. The number of fused-ring (bicyclic) bond motifs is 1. The Labute approximate surface area is 136 Å². The van der Waals surface area contributed by atoms with Crippen LogP contribution in [0.25, 0.3) is 5.65 Å². The number of aryl methyl sites for hydroxylation is 2. The summed E-state index contributed by atoms with van der Waals surface area (Å²) in [5.74, 6) is -0.385.